The molecule has 0 heterocycles. The first kappa shape index (κ1) is 14.2. The maximum atomic E-state index is 11.6. The lowest BCUT2D eigenvalue weighted by Crippen LogP contribution is -2.43. The van der Waals surface area contributed by atoms with Crippen molar-refractivity contribution in [2.24, 2.45) is 5.73 Å². The highest BCUT2D eigenvalue weighted by atomic mass is 16.4. The van der Waals surface area contributed by atoms with Crippen LogP contribution in [0.2, 0.25) is 0 Å². The molecule has 6 nitrogen and oxygen atoms in total. The Morgan fingerprint density at radius 3 is 2.61 bits per heavy atom. The standard InChI is InChI=1S/C12H18N2O4/c13-10(15)7-9(12(17)18)14-11(16)6-8-4-2-1-3-5-8/h4,9H,1-3,5-7H2,(H2,13,15)(H,14,16)(H,17,18)/t9-/m1/s1. The van der Waals surface area contributed by atoms with Crippen LogP contribution in [-0.4, -0.2) is 28.9 Å². The number of primary amides is 1. The van der Waals surface area contributed by atoms with Gasteiger partial charge in [0.2, 0.25) is 11.8 Å². The second-order valence-corrected chi connectivity index (χ2v) is 4.41. The number of allylic oxidation sites excluding steroid dienone is 1. The summed E-state index contributed by atoms with van der Waals surface area (Å²) in [5.41, 5.74) is 5.96. The third kappa shape index (κ3) is 4.99. The van der Waals surface area contributed by atoms with E-state index in [1.165, 1.54) is 0 Å². The summed E-state index contributed by atoms with van der Waals surface area (Å²) >= 11 is 0. The Labute approximate surface area is 105 Å². The van der Waals surface area contributed by atoms with Crippen LogP contribution >= 0.6 is 0 Å². The maximum Gasteiger partial charge on any atom is 0.326 e. The summed E-state index contributed by atoms with van der Waals surface area (Å²) in [5, 5.41) is 11.2. The molecule has 1 atom stereocenters. The van der Waals surface area contributed by atoms with Crippen LogP contribution in [0.3, 0.4) is 0 Å². The van der Waals surface area contributed by atoms with Crippen molar-refractivity contribution in [2.45, 2.75) is 44.6 Å². The third-order valence-corrected chi connectivity index (χ3v) is 2.81. The molecule has 0 bridgehead atoms. The van der Waals surface area contributed by atoms with Gasteiger partial charge in [-0.25, -0.2) is 4.79 Å². The summed E-state index contributed by atoms with van der Waals surface area (Å²) < 4.78 is 0. The maximum absolute atomic E-state index is 11.6. The lowest BCUT2D eigenvalue weighted by atomic mass is 9.97. The highest BCUT2D eigenvalue weighted by Crippen LogP contribution is 2.19. The summed E-state index contributed by atoms with van der Waals surface area (Å²) in [6, 6.07) is -1.24. The molecule has 0 aromatic carbocycles. The molecule has 0 fully saturated rings. The molecule has 100 valence electrons. The second kappa shape index (κ2) is 6.78. The molecule has 0 radical (unpaired) electrons. The minimum atomic E-state index is -1.25. The third-order valence-electron chi connectivity index (χ3n) is 2.81. The molecule has 6 heteroatoms. The van der Waals surface area contributed by atoms with Gasteiger partial charge in [-0.1, -0.05) is 11.6 Å². The molecule has 4 N–H and O–H groups in total. The molecule has 2 amide bonds. The van der Waals surface area contributed by atoms with E-state index in [4.69, 9.17) is 10.8 Å². The number of carboxylic acids is 1. The molecule has 0 unspecified atom stereocenters. The fourth-order valence-corrected chi connectivity index (χ4v) is 1.92. The van der Waals surface area contributed by atoms with Crippen LogP contribution in [0.4, 0.5) is 0 Å². The summed E-state index contributed by atoms with van der Waals surface area (Å²) in [5.74, 6) is -2.38. The van der Waals surface area contributed by atoms with E-state index in [0.717, 1.165) is 31.3 Å². The van der Waals surface area contributed by atoms with Gasteiger partial charge in [-0.05, 0) is 25.7 Å². The molecule has 1 aliphatic rings. The van der Waals surface area contributed by atoms with Crippen molar-refractivity contribution < 1.29 is 19.5 Å². The molecule has 18 heavy (non-hydrogen) atoms. The Bertz CT molecular complexity index is 376. The van der Waals surface area contributed by atoms with Gasteiger partial charge >= 0.3 is 5.97 Å². The number of amides is 2. The first-order valence-corrected chi connectivity index (χ1v) is 5.97. The average molecular weight is 254 g/mol. The fraction of sp³-hybridized carbons (Fsp3) is 0.583. The Hall–Kier alpha value is -1.85. The molecule has 0 aromatic rings. The van der Waals surface area contributed by atoms with Gasteiger partial charge in [0.25, 0.3) is 0 Å². The lowest BCUT2D eigenvalue weighted by Gasteiger charge is -2.15. The molecule has 1 rings (SSSR count). The van der Waals surface area contributed by atoms with Crippen LogP contribution in [0, 0.1) is 0 Å². The topological polar surface area (TPSA) is 109 Å². The summed E-state index contributed by atoms with van der Waals surface area (Å²) in [7, 11) is 0. The number of hydrogen-bond donors (Lipinski definition) is 3. The minimum absolute atomic E-state index is 0.197. The highest BCUT2D eigenvalue weighted by Gasteiger charge is 2.22. The summed E-state index contributed by atoms with van der Waals surface area (Å²) in [6.07, 6.45) is 5.86. The predicted octanol–water partition coefficient (Wildman–Crippen LogP) is 0.322. The molecule has 0 aliphatic heterocycles. The molecule has 0 saturated heterocycles. The number of hydrogen-bond acceptors (Lipinski definition) is 3. The zero-order chi connectivity index (χ0) is 13.5. The monoisotopic (exact) mass is 254 g/mol. The molecule has 0 saturated carbocycles. The van der Waals surface area contributed by atoms with E-state index in [2.05, 4.69) is 5.32 Å². The van der Waals surface area contributed by atoms with Gasteiger partial charge in [0.1, 0.15) is 6.04 Å². The van der Waals surface area contributed by atoms with Gasteiger partial charge in [0.15, 0.2) is 0 Å². The van der Waals surface area contributed by atoms with Gasteiger partial charge < -0.3 is 16.2 Å². The van der Waals surface area contributed by atoms with Crippen LogP contribution in [0.15, 0.2) is 11.6 Å². The number of rotatable bonds is 6. The Kier molecular flexibility index (Phi) is 5.35. The smallest absolute Gasteiger partial charge is 0.326 e. The number of carboxylic acid groups (broad SMARTS) is 1. The van der Waals surface area contributed by atoms with Crippen LogP contribution in [0.25, 0.3) is 0 Å². The fourth-order valence-electron chi connectivity index (χ4n) is 1.92. The average Bonchev–Trinajstić information content (AvgIpc) is 2.28. The van der Waals surface area contributed by atoms with Crippen LogP contribution in [0.5, 0.6) is 0 Å². The van der Waals surface area contributed by atoms with Crippen LogP contribution in [0.1, 0.15) is 38.5 Å². The van der Waals surface area contributed by atoms with Crippen molar-refractivity contribution in [3.63, 3.8) is 0 Å². The molecule has 0 aromatic heterocycles. The van der Waals surface area contributed by atoms with Crippen molar-refractivity contribution in [3.05, 3.63) is 11.6 Å². The number of nitrogens with one attached hydrogen (secondary N) is 1. The zero-order valence-electron chi connectivity index (χ0n) is 10.1. The first-order chi connectivity index (χ1) is 8.49. The van der Waals surface area contributed by atoms with E-state index in [1.807, 2.05) is 6.08 Å². The van der Waals surface area contributed by atoms with E-state index in [9.17, 15) is 14.4 Å². The molecule has 0 spiro atoms. The second-order valence-electron chi connectivity index (χ2n) is 4.41. The van der Waals surface area contributed by atoms with E-state index in [-0.39, 0.29) is 18.7 Å². The highest BCUT2D eigenvalue weighted by molar-refractivity contribution is 5.88. The van der Waals surface area contributed by atoms with E-state index >= 15 is 0 Å². The number of nitrogens with two attached hydrogens (primary N) is 1. The van der Waals surface area contributed by atoms with Gasteiger partial charge in [0, 0.05) is 6.42 Å². The zero-order valence-corrected chi connectivity index (χ0v) is 10.1. The molecular formula is C12H18N2O4. The van der Waals surface area contributed by atoms with Gasteiger partial charge in [-0.15, -0.1) is 0 Å². The van der Waals surface area contributed by atoms with E-state index < -0.39 is 17.9 Å². The number of aliphatic carboxylic acids is 1. The van der Waals surface area contributed by atoms with Crippen molar-refractivity contribution in [3.8, 4) is 0 Å². The predicted molar refractivity (Wildman–Crippen MR) is 64.5 cm³/mol. The Balaban J connectivity index is 2.47. The molecule has 1 aliphatic carbocycles. The Morgan fingerprint density at radius 2 is 2.11 bits per heavy atom. The largest absolute Gasteiger partial charge is 0.480 e. The minimum Gasteiger partial charge on any atom is -0.480 e. The van der Waals surface area contributed by atoms with Crippen molar-refractivity contribution >= 4 is 17.8 Å². The Morgan fingerprint density at radius 1 is 1.39 bits per heavy atom. The van der Waals surface area contributed by atoms with Gasteiger partial charge in [-0.3, -0.25) is 9.59 Å². The summed E-state index contributed by atoms with van der Waals surface area (Å²) in [6.45, 7) is 0. The summed E-state index contributed by atoms with van der Waals surface area (Å²) in [4.78, 5) is 33.1. The number of carbonyl (C=O) groups is 3. The van der Waals surface area contributed by atoms with Gasteiger partial charge in [0.05, 0.1) is 6.42 Å². The quantitative estimate of drug-likeness (QED) is 0.593. The van der Waals surface area contributed by atoms with Crippen molar-refractivity contribution in [2.75, 3.05) is 0 Å². The molecular weight excluding hydrogens is 236 g/mol. The van der Waals surface area contributed by atoms with E-state index in [0.29, 0.717) is 0 Å². The normalized spacial score (nSPS) is 16.6. The SMILES string of the molecule is NC(=O)C[C@@H](NC(=O)CC1=CCCCC1)C(=O)O. The first-order valence-electron chi connectivity index (χ1n) is 5.97. The van der Waals surface area contributed by atoms with E-state index in [1.54, 1.807) is 0 Å². The van der Waals surface area contributed by atoms with Crippen LogP contribution < -0.4 is 11.1 Å². The van der Waals surface area contributed by atoms with Gasteiger partial charge in [-0.2, -0.15) is 0 Å². The number of carbonyl (C=O) groups excluding carboxylic acids is 2. The lowest BCUT2D eigenvalue weighted by molar-refractivity contribution is -0.143. The van der Waals surface area contributed by atoms with Crippen LogP contribution in [-0.2, 0) is 14.4 Å². The van der Waals surface area contributed by atoms with Crippen molar-refractivity contribution in [1.82, 2.24) is 5.32 Å². The van der Waals surface area contributed by atoms with Crippen molar-refractivity contribution in [1.29, 1.82) is 0 Å².